The fraction of sp³-hybridized carbons (Fsp3) is 0.450. The summed E-state index contributed by atoms with van der Waals surface area (Å²) in [5.74, 6) is -0.186. The first-order valence-corrected chi connectivity index (χ1v) is 9.79. The van der Waals surface area contributed by atoms with Crippen LogP contribution in [0.1, 0.15) is 18.0 Å². The Balaban J connectivity index is 1.41. The van der Waals surface area contributed by atoms with E-state index in [9.17, 15) is 14.0 Å². The predicted octanol–water partition coefficient (Wildman–Crippen LogP) is 1.17. The molecule has 2 aliphatic heterocycles. The molecule has 4 rings (SSSR count). The van der Waals surface area contributed by atoms with Crippen molar-refractivity contribution in [2.75, 3.05) is 56.2 Å². The van der Waals surface area contributed by atoms with Crippen LogP contribution in [0.4, 0.5) is 16.0 Å². The first kappa shape index (κ1) is 19.5. The summed E-state index contributed by atoms with van der Waals surface area (Å²) in [7, 11) is 0. The molecule has 0 saturated carbocycles. The van der Waals surface area contributed by atoms with Crippen LogP contribution >= 0.6 is 0 Å². The highest BCUT2D eigenvalue weighted by Crippen LogP contribution is 2.30. The van der Waals surface area contributed by atoms with Crippen LogP contribution in [0.3, 0.4) is 0 Å². The standard InChI is InChI=1S/C20H24FN5O3/c21-15-1-3-16(4-2-15)26-13-14(11-19(26)28)17-12-18(27)24-20(23-17)22-5-6-25-7-9-29-10-8-25/h1-4,12,14H,5-11,13H2,(H2,22,23,24,27). The number of hydrogen-bond acceptors (Lipinski definition) is 6. The predicted molar refractivity (Wildman–Crippen MR) is 107 cm³/mol. The first-order valence-electron chi connectivity index (χ1n) is 9.79. The Kier molecular flexibility index (Phi) is 5.86. The molecule has 3 heterocycles. The molecule has 0 spiro atoms. The number of H-pyrrole nitrogens is 1. The summed E-state index contributed by atoms with van der Waals surface area (Å²) in [6, 6.07) is 7.27. The van der Waals surface area contributed by atoms with Gasteiger partial charge in [-0.25, -0.2) is 9.37 Å². The normalized spacial score (nSPS) is 20.2. The lowest BCUT2D eigenvalue weighted by atomic mass is 10.0. The van der Waals surface area contributed by atoms with Gasteiger partial charge in [0.05, 0.1) is 18.9 Å². The molecular weight excluding hydrogens is 377 g/mol. The molecule has 154 valence electrons. The molecule has 8 nitrogen and oxygen atoms in total. The number of carbonyl (C=O) groups is 1. The van der Waals surface area contributed by atoms with Gasteiger partial charge in [0, 0.05) is 56.8 Å². The van der Waals surface area contributed by atoms with Crippen molar-refractivity contribution in [3.05, 3.63) is 52.2 Å². The second kappa shape index (κ2) is 8.71. The average Bonchev–Trinajstić information content (AvgIpc) is 3.11. The lowest BCUT2D eigenvalue weighted by molar-refractivity contribution is -0.117. The van der Waals surface area contributed by atoms with Gasteiger partial charge in [-0.3, -0.25) is 19.5 Å². The number of anilines is 2. The van der Waals surface area contributed by atoms with Gasteiger partial charge in [-0.05, 0) is 24.3 Å². The summed E-state index contributed by atoms with van der Waals surface area (Å²) in [5, 5.41) is 3.17. The zero-order chi connectivity index (χ0) is 20.2. The van der Waals surface area contributed by atoms with Crippen LogP contribution in [-0.4, -0.2) is 66.7 Å². The van der Waals surface area contributed by atoms with Gasteiger partial charge in [0.1, 0.15) is 5.82 Å². The van der Waals surface area contributed by atoms with E-state index in [0.29, 0.717) is 30.4 Å². The summed E-state index contributed by atoms with van der Waals surface area (Å²) in [6.45, 7) is 5.17. The van der Waals surface area contributed by atoms with E-state index in [1.807, 2.05) is 0 Å². The Morgan fingerprint density at radius 1 is 1.21 bits per heavy atom. The van der Waals surface area contributed by atoms with Crippen LogP contribution < -0.4 is 15.8 Å². The molecule has 1 aromatic carbocycles. The van der Waals surface area contributed by atoms with E-state index in [-0.39, 0.29) is 29.6 Å². The van der Waals surface area contributed by atoms with Crippen LogP contribution in [0.15, 0.2) is 35.1 Å². The highest BCUT2D eigenvalue weighted by Gasteiger charge is 2.33. The summed E-state index contributed by atoms with van der Waals surface area (Å²) < 4.78 is 18.5. The highest BCUT2D eigenvalue weighted by atomic mass is 19.1. The van der Waals surface area contributed by atoms with E-state index in [1.54, 1.807) is 17.0 Å². The second-order valence-corrected chi connectivity index (χ2v) is 7.28. The number of nitrogens with zero attached hydrogens (tertiary/aromatic N) is 3. The zero-order valence-corrected chi connectivity index (χ0v) is 16.1. The molecule has 0 aliphatic carbocycles. The number of benzene rings is 1. The van der Waals surface area contributed by atoms with Gasteiger partial charge in [0.2, 0.25) is 11.9 Å². The molecule has 2 saturated heterocycles. The van der Waals surface area contributed by atoms with Gasteiger partial charge in [-0.1, -0.05) is 0 Å². The first-order chi connectivity index (χ1) is 14.1. The molecule has 2 aromatic rings. The Hall–Kier alpha value is -2.78. The molecule has 1 unspecified atom stereocenters. The molecule has 29 heavy (non-hydrogen) atoms. The molecule has 1 atom stereocenters. The summed E-state index contributed by atoms with van der Waals surface area (Å²) in [5.41, 5.74) is 0.977. The SMILES string of the molecule is O=C1CC(c2cc(=O)[nH]c(NCCN3CCOCC3)n2)CN1c1ccc(F)cc1. The molecule has 2 N–H and O–H groups in total. The number of aromatic nitrogens is 2. The van der Waals surface area contributed by atoms with Crippen molar-refractivity contribution in [3.63, 3.8) is 0 Å². The number of rotatable bonds is 6. The Morgan fingerprint density at radius 2 is 1.97 bits per heavy atom. The fourth-order valence-corrected chi connectivity index (χ4v) is 3.70. The average molecular weight is 401 g/mol. The zero-order valence-electron chi connectivity index (χ0n) is 16.1. The molecule has 9 heteroatoms. The maximum Gasteiger partial charge on any atom is 0.252 e. The highest BCUT2D eigenvalue weighted by molar-refractivity contribution is 5.96. The topological polar surface area (TPSA) is 90.6 Å². The Labute approximate surface area is 167 Å². The third-order valence-electron chi connectivity index (χ3n) is 5.27. The van der Waals surface area contributed by atoms with Crippen LogP contribution in [0.25, 0.3) is 0 Å². The lowest BCUT2D eigenvalue weighted by Crippen LogP contribution is -2.39. The Morgan fingerprint density at radius 3 is 2.72 bits per heavy atom. The van der Waals surface area contributed by atoms with E-state index in [4.69, 9.17) is 4.74 Å². The lowest BCUT2D eigenvalue weighted by Gasteiger charge is -2.26. The van der Waals surface area contributed by atoms with Gasteiger partial charge >= 0.3 is 0 Å². The molecule has 2 aliphatic rings. The van der Waals surface area contributed by atoms with E-state index in [0.717, 1.165) is 32.8 Å². The van der Waals surface area contributed by atoms with Gasteiger partial charge < -0.3 is 15.0 Å². The minimum atomic E-state index is -0.346. The molecule has 2 fully saturated rings. The van der Waals surface area contributed by atoms with Crippen LogP contribution in [0.5, 0.6) is 0 Å². The van der Waals surface area contributed by atoms with E-state index in [1.165, 1.54) is 18.2 Å². The van der Waals surface area contributed by atoms with E-state index in [2.05, 4.69) is 20.2 Å². The maximum atomic E-state index is 13.2. The third-order valence-corrected chi connectivity index (χ3v) is 5.27. The van der Waals surface area contributed by atoms with Crippen LogP contribution in [0.2, 0.25) is 0 Å². The van der Waals surface area contributed by atoms with Crippen LogP contribution in [-0.2, 0) is 9.53 Å². The quantitative estimate of drug-likeness (QED) is 0.755. The van der Waals surface area contributed by atoms with Gasteiger partial charge in [-0.2, -0.15) is 0 Å². The fourth-order valence-electron chi connectivity index (χ4n) is 3.70. The number of ether oxygens (including phenoxy) is 1. The monoisotopic (exact) mass is 401 g/mol. The molecular formula is C20H24FN5O3. The number of aromatic amines is 1. The van der Waals surface area contributed by atoms with Crippen molar-refractivity contribution in [1.82, 2.24) is 14.9 Å². The van der Waals surface area contributed by atoms with Crippen molar-refractivity contribution < 1.29 is 13.9 Å². The smallest absolute Gasteiger partial charge is 0.252 e. The number of halogens is 1. The van der Waals surface area contributed by atoms with Crippen molar-refractivity contribution in [3.8, 4) is 0 Å². The van der Waals surface area contributed by atoms with Crippen molar-refractivity contribution in [2.45, 2.75) is 12.3 Å². The summed E-state index contributed by atoms with van der Waals surface area (Å²) >= 11 is 0. The third kappa shape index (κ3) is 4.80. The van der Waals surface area contributed by atoms with Crippen molar-refractivity contribution >= 4 is 17.5 Å². The van der Waals surface area contributed by atoms with E-state index >= 15 is 0 Å². The summed E-state index contributed by atoms with van der Waals surface area (Å²) in [6.07, 6.45) is 0.265. The number of carbonyl (C=O) groups excluding carboxylic acids is 1. The molecule has 0 radical (unpaired) electrons. The largest absolute Gasteiger partial charge is 0.379 e. The minimum absolute atomic E-state index is 0.0643. The number of amides is 1. The molecule has 0 bridgehead atoms. The van der Waals surface area contributed by atoms with Crippen molar-refractivity contribution in [1.29, 1.82) is 0 Å². The van der Waals surface area contributed by atoms with Gasteiger partial charge in [0.25, 0.3) is 5.56 Å². The molecule has 1 aromatic heterocycles. The number of hydrogen-bond donors (Lipinski definition) is 2. The van der Waals surface area contributed by atoms with Gasteiger partial charge in [0.15, 0.2) is 0 Å². The van der Waals surface area contributed by atoms with Crippen molar-refractivity contribution in [2.24, 2.45) is 0 Å². The molecule has 1 amide bonds. The van der Waals surface area contributed by atoms with Crippen LogP contribution in [0, 0.1) is 5.82 Å². The minimum Gasteiger partial charge on any atom is -0.379 e. The summed E-state index contributed by atoms with van der Waals surface area (Å²) in [4.78, 5) is 35.7. The second-order valence-electron chi connectivity index (χ2n) is 7.28. The maximum absolute atomic E-state index is 13.2. The van der Waals surface area contributed by atoms with Gasteiger partial charge in [-0.15, -0.1) is 0 Å². The number of nitrogens with one attached hydrogen (secondary N) is 2. The van der Waals surface area contributed by atoms with E-state index < -0.39 is 0 Å². The number of morpholine rings is 1. The Bertz CT molecular complexity index is 911.